The van der Waals surface area contributed by atoms with Crippen molar-refractivity contribution in [3.05, 3.63) is 71.5 Å². The molecular weight excluding hydrogens is 442 g/mol. The van der Waals surface area contributed by atoms with E-state index in [-0.39, 0.29) is 23.9 Å². The number of nitrogen functional groups attached to an aromatic ring is 1. The molecule has 168 valence electrons. The number of anilines is 2. The third-order valence-corrected chi connectivity index (χ3v) is 5.50. The largest absolute Gasteiger partial charge is 0.378 e. The van der Waals surface area contributed by atoms with Crippen LogP contribution in [0.1, 0.15) is 21.7 Å². The summed E-state index contributed by atoms with van der Waals surface area (Å²) in [7, 11) is 1.88. The lowest BCUT2D eigenvalue weighted by molar-refractivity contribution is 0.0949. The van der Waals surface area contributed by atoms with Gasteiger partial charge in [0.05, 0.1) is 18.5 Å². The van der Waals surface area contributed by atoms with Crippen molar-refractivity contribution < 1.29 is 9.42 Å². The number of hydrogen-bond donors (Lipinski definition) is 2. The van der Waals surface area contributed by atoms with Gasteiger partial charge in [-0.15, -0.1) is 16.9 Å². The first kappa shape index (κ1) is 22.0. The molecule has 0 radical (unpaired) electrons. The van der Waals surface area contributed by atoms with Crippen LogP contribution in [0.15, 0.2) is 69.2 Å². The van der Waals surface area contributed by atoms with Gasteiger partial charge in [-0.25, -0.2) is 10.1 Å². The Morgan fingerprint density at radius 3 is 2.64 bits per heavy atom. The van der Waals surface area contributed by atoms with Crippen molar-refractivity contribution in [2.45, 2.75) is 11.4 Å². The SMILES string of the molecule is CSc1ccc(C=NNC(=O)c2nnn(-c3nonc3N)c2CN(C)c2ccccc2)cc1. The van der Waals surface area contributed by atoms with Gasteiger partial charge in [-0.05, 0) is 46.4 Å². The smallest absolute Gasteiger partial charge is 0.293 e. The first-order valence-electron chi connectivity index (χ1n) is 9.83. The summed E-state index contributed by atoms with van der Waals surface area (Å²) in [6.45, 7) is 0.284. The summed E-state index contributed by atoms with van der Waals surface area (Å²) < 4.78 is 6.03. The molecule has 11 nitrogen and oxygen atoms in total. The number of nitrogens with zero attached hydrogens (tertiary/aromatic N) is 7. The van der Waals surface area contributed by atoms with Crippen molar-refractivity contribution in [3.8, 4) is 5.82 Å². The van der Waals surface area contributed by atoms with Crippen LogP contribution in [-0.2, 0) is 6.54 Å². The lowest BCUT2D eigenvalue weighted by Gasteiger charge is -2.19. The number of carbonyl (C=O) groups excluding carboxylic acids is 1. The Kier molecular flexibility index (Phi) is 6.64. The quantitative estimate of drug-likeness (QED) is 0.229. The molecule has 3 N–H and O–H groups in total. The van der Waals surface area contributed by atoms with Gasteiger partial charge in [-0.2, -0.15) is 9.78 Å². The number of carbonyl (C=O) groups is 1. The Morgan fingerprint density at radius 2 is 1.97 bits per heavy atom. The van der Waals surface area contributed by atoms with Crippen LogP contribution in [0.2, 0.25) is 0 Å². The van der Waals surface area contributed by atoms with Gasteiger partial charge in [0.25, 0.3) is 5.91 Å². The second-order valence-corrected chi connectivity index (χ2v) is 7.81. The number of nitrogens with one attached hydrogen (secondary N) is 1. The highest BCUT2D eigenvalue weighted by Gasteiger charge is 2.25. The average Bonchev–Trinajstić information content (AvgIpc) is 3.45. The molecule has 2 heterocycles. The van der Waals surface area contributed by atoms with E-state index in [0.717, 1.165) is 16.1 Å². The van der Waals surface area contributed by atoms with E-state index in [0.29, 0.717) is 5.69 Å². The van der Waals surface area contributed by atoms with E-state index < -0.39 is 5.91 Å². The van der Waals surface area contributed by atoms with E-state index in [1.807, 2.05) is 72.8 Å². The Bertz CT molecular complexity index is 1250. The number of hydrazone groups is 1. The number of amides is 1. The molecule has 0 aliphatic carbocycles. The first-order chi connectivity index (χ1) is 16.1. The zero-order chi connectivity index (χ0) is 23.2. The van der Waals surface area contributed by atoms with Crippen molar-refractivity contribution in [1.82, 2.24) is 30.7 Å². The van der Waals surface area contributed by atoms with E-state index in [9.17, 15) is 4.79 Å². The number of para-hydroxylation sites is 1. The summed E-state index contributed by atoms with van der Waals surface area (Å²) in [6, 6.07) is 17.5. The van der Waals surface area contributed by atoms with E-state index >= 15 is 0 Å². The van der Waals surface area contributed by atoms with Gasteiger partial charge in [-0.3, -0.25) is 4.79 Å². The minimum absolute atomic E-state index is 0.0298. The predicted molar refractivity (Wildman–Crippen MR) is 125 cm³/mol. The highest BCUT2D eigenvalue weighted by molar-refractivity contribution is 7.98. The summed E-state index contributed by atoms with van der Waals surface area (Å²) >= 11 is 1.65. The molecule has 0 atom stereocenters. The maximum atomic E-state index is 12.9. The standard InChI is InChI=1S/C21H21N9O2S/c1-29(15-6-4-3-5-7-15)13-17-18(24-28-30(17)20-19(22)26-32-27-20)21(31)25-23-12-14-8-10-16(33-2)11-9-14/h3-12H,13H2,1-2H3,(H2,22,26)(H,25,31). The maximum absolute atomic E-state index is 12.9. The molecule has 0 fully saturated rings. The zero-order valence-electron chi connectivity index (χ0n) is 17.9. The number of thioether (sulfide) groups is 1. The molecule has 0 bridgehead atoms. The van der Waals surface area contributed by atoms with Crippen molar-refractivity contribution in [2.24, 2.45) is 5.10 Å². The third-order valence-electron chi connectivity index (χ3n) is 4.75. The van der Waals surface area contributed by atoms with E-state index in [1.165, 1.54) is 4.68 Å². The maximum Gasteiger partial charge on any atom is 0.293 e. The molecule has 4 aromatic rings. The van der Waals surface area contributed by atoms with Gasteiger partial charge in [0.1, 0.15) is 0 Å². The summed E-state index contributed by atoms with van der Waals surface area (Å²) in [5.41, 5.74) is 10.7. The highest BCUT2D eigenvalue weighted by Crippen LogP contribution is 2.20. The summed E-state index contributed by atoms with van der Waals surface area (Å²) in [6.07, 6.45) is 3.56. The summed E-state index contributed by atoms with van der Waals surface area (Å²) in [5.74, 6) is -0.345. The van der Waals surface area contributed by atoms with Crippen molar-refractivity contribution in [3.63, 3.8) is 0 Å². The molecule has 0 spiro atoms. The van der Waals surface area contributed by atoms with Crippen LogP contribution in [0.5, 0.6) is 0 Å². The van der Waals surface area contributed by atoms with Crippen LogP contribution < -0.4 is 16.1 Å². The lowest BCUT2D eigenvalue weighted by Crippen LogP contribution is -2.24. The molecule has 0 saturated heterocycles. The molecule has 2 aromatic heterocycles. The van der Waals surface area contributed by atoms with Crippen LogP contribution >= 0.6 is 11.8 Å². The fraction of sp³-hybridized carbons (Fsp3) is 0.143. The average molecular weight is 464 g/mol. The van der Waals surface area contributed by atoms with E-state index in [1.54, 1.807) is 18.0 Å². The minimum atomic E-state index is -0.523. The van der Waals surface area contributed by atoms with Gasteiger partial charge in [-0.1, -0.05) is 35.5 Å². The van der Waals surface area contributed by atoms with Crippen LogP contribution in [0.3, 0.4) is 0 Å². The number of rotatable bonds is 8. The van der Waals surface area contributed by atoms with Gasteiger partial charge in [0.15, 0.2) is 5.69 Å². The summed E-state index contributed by atoms with van der Waals surface area (Å²) in [5, 5.41) is 19.5. The highest BCUT2D eigenvalue weighted by atomic mass is 32.2. The normalized spacial score (nSPS) is 11.1. The Hall–Kier alpha value is -4.19. The fourth-order valence-corrected chi connectivity index (χ4v) is 3.44. The number of benzene rings is 2. The molecule has 0 aliphatic rings. The molecule has 33 heavy (non-hydrogen) atoms. The van der Waals surface area contributed by atoms with Crippen LogP contribution in [0.25, 0.3) is 5.82 Å². The van der Waals surface area contributed by atoms with Gasteiger partial charge in [0, 0.05) is 17.6 Å². The molecule has 1 amide bonds. The molecular formula is C21H21N9O2S. The number of nitrogens with two attached hydrogens (primary N) is 1. The Morgan fingerprint density at radius 1 is 1.21 bits per heavy atom. The van der Waals surface area contributed by atoms with E-state index in [2.05, 4.69) is 31.2 Å². The van der Waals surface area contributed by atoms with Gasteiger partial charge >= 0.3 is 0 Å². The predicted octanol–water partition coefficient (Wildman–Crippen LogP) is 2.35. The first-order valence-corrected chi connectivity index (χ1v) is 11.1. The second-order valence-electron chi connectivity index (χ2n) is 6.93. The molecule has 12 heteroatoms. The molecule has 0 unspecified atom stereocenters. The van der Waals surface area contributed by atoms with Crippen LogP contribution in [0.4, 0.5) is 11.5 Å². The fourth-order valence-electron chi connectivity index (χ4n) is 3.03. The molecule has 4 rings (SSSR count). The van der Waals surface area contributed by atoms with Crippen molar-refractivity contribution in [1.29, 1.82) is 0 Å². The van der Waals surface area contributed by atoms with Gasteiger partial charge < -0.3 is 10.6 Å². The number of hydrogen-bond acceptors (Lipinski definition) is 10. The molecule has 0 aliphatic heterocycles. The van der Waals surface area contributed by atoms with E-state index in [4.69, 9.17) is 10.4 Å². The third kappa shape index (κ3) is 5.01. The minimum Gasteiger partial charge on any atom is -0.378 e. The second kappa shape index (κ2) is 9.96. The van der Waals surface area contributed by atoms with Crippen molar-refractivity contribution in [2.75, 3.05) is 23.9 Å². The Balaban J connectivity index is 1.58. The lowest BCUT2D eigenvalue weighted by atomic mass is 10.2. The topological polar surface area (TPSA) is 140 Å². The zero-order valence-corrected chi connectivity index (χ0v) is 18.7. The molecule has 2 aromatic carbocycles. The molecule has 0 saturated carbocycles. The van der Waals surface area contributed by atoms with Crippen molar-refractivity contribution >= 4 is 35.4 Å². The Labute approximate surface area is 193 Å². The van der Waals surface area contributed by atoms with Crippen LogP contribution in [0, 0.1) is 0 Å². The number of aromatic nitrogens is 5. The summed E-state index contributed by atoms with van der Waals surface area (Å²) in [4.78, 5) is 16.0. The van der Waals surface area contributed by atoms with Gasteiger partial charge in [0.2, 0.25) is 11.6 Å². The van der Waals surface area contributed by atoms with Crippen LogP contribution in [-0.4, -0.2) is 50.7 Å². The monoisotopic (exact) mass is 463 g/mol.